The summed E-state index contributed by atoms with van der Waals surface area (Å²) in [4.78, 5) is 37.2. The van der Waals surface area contributed by atoms with Gasteiger partial charge in [-0.2, -0.15) is 0 Å². The van der Waals surface area contributed by atoms with E-state index < -0.39 is 22.9 Å². The Morgan fingerprint density at radius 3 is 2.35 bits per heavy atom. The molecule has 1 atom stereocenters. The molecule has 10 heteroatoms. The summed E-state index contributed by atoms with van der Waals surface area (Å²) in [5.74, 6) is -0.225. The molecule has 0 aliphatic rings. The molecule has 0 bridgehead atoms. The van der Waals surface area contributed by atoms with Gasteiger partial charge in [0.15, 0.2) is 0 Å². The van der Waals surface area contributed by atoms with E-state index in [1.807, 2.05) is 32.0 Å². The van der Waals surface area contributed by atoms with Crippen LogP contribution in [0, 0.1) is 24.0 Å². The standard InChI is InChI=1S/C24H24N4O5S/c1-15-9-10-16(2)20(13-15)25-23(29)22(17-7-5-4-6-8-17)27(34)24(30)26-19-12-11-18(33-3)14-21(19)28(31)32/h4-14,22,34H,1-3H3,(H,25,29)(H,26,30). The zero-order chi connectivity index (χ0) is 24.8. The van der Waals surface area contributed by atoms with E-state index in [9.17, 15) is 19.7 Å². The molecule has 34 heavy (non-hydrogen) atoms. The molecule has 0 aliphatic carbocycles. The van der Waals surface area contributed by atoms with E-state index >= 15 is 0 Å². The van der Waals surface area contributed by atoms with Crippen molar-refractivity contribution in [3.63, 3.8) is 0 Å². The number of carbonyl (C=O) groups excluding carboxylic acids is 2. The van der Waals surface area contributed by atoms with Gasteiger partial charge in [-0.1, -0.05) is 55.3 Å². The van der Waals surface area contributed by atoms with E-state index in [2.05, 4.69) is 23.4 Å². The molecule has 3 aromatic carbocycles. The summed E-state index contributed by atoms with van der Waals surface area (Å²) in [6.07, 6.45) is 0. The third-order valence-electron chi connectivity index (χ3n) is 5.11. The Hall–Kier alpha value is -4.05. The Kier molecular flexibility index (Phi) is 7.75. The fraction of sp³-hybridized carbons (Fsp3) is 0.167. The minimum absolute atomic E-state index is 0.0587. The van der Waals surface area contributed by atoms with Crippen molar-refractivity contribution >= 4 is 41.8 Å². The van der Waals surface area contributed by atoms with Gasteiger partial charge in [0.05, 0.1) is 18.1 Å². The third-order valence-corrected chi connectivity index (χ3v) is 5.52. The van der Waals surface area contributed by atoms with Gasteiger partial charge in [0.1, 0.15) is 17.5 Å². The van der Waals surface area contributed by atoms with Crippen LogP contribution in [-0.4, -0.2) is 28.3 Å². The fourth-order valence-electron chi connectivity index (χ4n) is 3.30. The summed E-state index contributed by atoms with van der Waals surface area (Å²) in [5.41, 5.74) is 2.53. The Labute approximate surface area is 202 Å². The molecule has 3 amide bonds. The first kappa shape index (κ1) is 24.6. The van der Waals surface area contributed by atoms with Crippen LogP contribution in [0.4, 0.5) is 21.9 Å². The van der Waals surface area contributed by atoms with E-state index in [1.165, 1.54) is 25.3 Å². The van der Waals surface area contributed by atoms with Crippen LogP contribution in [0.2, 0.25) is 0 Å². The van der Waals surface area contributed by atoms with Crippen molar-refractivity contribution in [1.82, 2.24) is 4.31 Å². The van der Waals surface area contributed by atoms with Gasteiger partial charge in [-0.25, -0.2) is 4.79 Å². The van der Waals surface area contributed by atoms with Crippen LogP contribution in [0.25, 0.3) is 0 Å². The number of amides is 3. The number of urea groups is 1. The molecule has 0 aromatic heterocycles. The largest absolute Gasteiger partial charge is 0.496 e. The lowest BCUT2D eigenvalue weighted by Gasteiger charge is -2.27. The highest BCUT2D eigenvalue weighted by Crippen LogP contribution is 2.31. The highest BCUT2D eigenvalue weighted by molar-refractivity contribution is 7.78. The van der Waals surface area contributed by atoms with Gasteiger partial charge in [0.2, 0.25) is 0 Å². The summed E-state index contributed by atoms with van der Waals surface area (Å²) in [6.45, 7) is 3.77. The number of rotatable bonds is 7. The minimum Gasteiger partial charge on any atom is -0.496 e. The zero-order valence-corrected chi connectivity index (χ0v) is 19.7. The smallest absolute Gasteiger partial charge is 0.332 e. The molecule has 176 valence electrons. The topological polar surface area (TPSA) is 114 Å². The first-order valence-corrected chi connectivity index (χ1v) is 10.7. The lowest BCUT2D eigenvalue weighted by molar-refractivity contribution is -0.384. The number of hydrogen-bond acceptors (Lipinski definition) is 6. The molecule has 3 rings (SSSR count). The fourth-order valence-corrected chi connectivity index (χ4v) is 3.58. The molecule has 0 saturated heterocycles. The monoisotopic (exact) mass is 480 g/mol. The van der Waals surface area contributed by atoms with E-state index in [-0.39, 0.29) is 17.1 Å². The lowest BCUT2D eigenvalue weighted by atomic mass is 10.1. The molecule has 0 fully saturated rings. The first-order valence-electron chi connectivity index (χ1n) is 10.3. The number of nitro benzene ring substituents is 1. The Balaban J connectivity index is 1.91. The number of nitrogens with one attached hydrogen (secondary N) is 2. The second-order valence-corrected chi connectivity index (χ2v) is 7.97. The molecule has 0 aliphatic heterocycles. The Morgan fingerprint density at radius 1 is 1.00 bits per heavy atom. The van der Waals surface area contributed by atoms with Gasteiger partial charge in [0, 0.05) is 5.69 Å². The summed E-state index contributed by atoms with van der Waals surface area (Å²) in [7, 11) is 1.38. The summed E-state index contributed by atoms with van der Waals surface area (Å²) in [5, 5.41) is 16.8. The van der Waals surface area contributed by atoms with Gasteiger partial charge in [0.25, 0.3) is 11.6 Å². The van der Waals surface area contributed by atoms with Gasteiger partial charge >= 0.3 is 6.03 Å². The van der Waals surface area contributed by atoms with Crippen LogP contribution in [0.3, 0.4) is 0 Å². The summed E-state index contributed by atoms with van der Waals surface area (Å²) >= 11 is 4.30. The molecular weight excluding hydrogens is 456 g/mol. The number of ether oxygens (including phenoxy) is 1. The van der Waals surface area contributed by atoms with Crippen molar-refractivity contribution in [3.8, 4) is 5.75 Å². The average molecular weight is 481 g/mol. The lowest BCUT2D eigenvalue weighted by Crippen LogP contribution is -2.38. The number of nitrogens with zero attached hydrogens (tertiary/aromatic N) is 2. The van der Waals surface area contributed by atoms with Crippen LogP contribution >= 0.6 is 12.8 Å². The molecule has 0 spiro atoms. The van der Waals surface area contributed by atoms with Crippen LogP contribution in [0.5, 0.6) is 5.75 Å². The first-order chi connectivity index (χ1) is 16.2. The Bertz CT molecular complexity index is 1220. The second-order valence-electron chi connectivity index (χ2n) is 7.54. The zero-order valence-electron chi connectivity index (χ0n) is 18.8. The minimum atomic E-state index is -1.12. The van der Waals surface area contributed by atoms with Crippen LogP contribution in [-0.2, 0) is 4.79 Å². The maximum atomic E-state index is 13.3. The van der Waals surface area contributed by atoms with Crippen LogP contribution in [0.1, 0.15) is 22.7 Å². The predicted octanol–water partition coefficient (Wildman–Crippen LogP) is 5.28. The van der Waals surface area contributed by atoms with Gasteiger partial charge < -0.3 is 15.4 Å². The summed E-state index contributed by atoms with van der Waals surface area (Å²) in [6, 6.07) is 16.4. The number of methoxy groups -OCH3 is 1. The molecule has 0 saturated carbocycles. The maximum absolute atomic E-state index is 13.3. The van der Waals surface area contributed by atoms with Crippen molar-refractivity contribution in [2.24, 2.45) is 0 Å². The number of anilines is 2. The van der Waals surface area contributed by atoms with Gasteiger partial charge in [-0.3, -0.25) is 19.2 Å². The Morgan fingerprint density at radius 2 is 1.71 bits per heavy atom. The molecule has 1 unspecified atom stereocenters. The molecule has 3 aromatic rings. The average Bonchev–Trinajstić information content (AvgIpc) is 2.82. The maximum Gasteiger partial charge on any atom is 0.332 e. The highest BCUT2D eigenvalue weighted by Gasteiger charge is 2.31. The van der Waals surface area contributed by atoms with Crippen molar-refractivity contribution in [1.29, 1.82) is 0 Å². The number of carbonyl (C=O) groups is 2. The van der Waals surface area contributed by atoms with Crippen molar-refractivity contribution < 1.29 is 19.2 Å². The predicted molar refractivity (Wildman–Crippen MR) is 133 cm³/mol. The van der Waals surface area contributed by atoms with Crippen LogP contribution in [0.15, 0.2) is 66.7 Å². The highest BCUT2D eigenvalue weighted by atomic mass is 32.1. The molecule has 0 radical (unpaired) electrons. The third kappa shape index (κ3) is 5.65. The number of hydrogen-bond donors (Lipinski definition) is 3. The van der Waals surface area contributed by atoms with E-state index in [4.69, 9.17) is 4.74 Å². The quantitative estimate of drug-likeness (QED) is 0.242. The molecule has 0 heterocycles. The number of thiol groups is 1. The molecule has 2 N–H and O–H groups in total. The second kappa shape index (κ2) is 10.7. The van der Waals surface area contributed by atoms with Crippen molar-refractivity contribution in [3.05, 3.63) is 93.5 Å². The van der Waals surface area contributed by atoms with Crippen LogP contribution < -0.4 is 15.4 Å². The number of benzene rings is 3. The number of aryl methyl sites for hydroxylation is 2. The van der Waals surface area contributed by atoms with E-state index in [1.54, 1.807) is 30.3 Å². The molecule has 9 nitrogen and oxygen atoms in total. The van der Waals surface area contributed by atoms with Crippen molar-refractivity contribution in [2.75, 3.05) is 17.7 Å². The van der Waals surface area contributed by atoms with Gasteiger partial charge in [-0.15, -0.1) is 0 Å². The van der Waals surface area contributed by atoms with Crippen molar-refractivity contribution in [2.45, 2.75) is 19.9 Å². The van der Waals surface area contributed by atoms with E-state index in [0.717, 1.165) is 15.4 Å². The molecular formula is C24H24N4O5S. The summed E-state index contributed by atoms with van der Waals surface area (Å²) < 4.78 is 5.93. The SMILES string of the molecule is COc1ccc(NC(=O)N(S)C(C(=O)Nc2cc(C)ccc2C)c2ccccc2)c([N+](=O)[O-])c1. The van der Waals surface area contributed by atoms with Gasteiger partial charge in [-0.05, 0) is 48.7 Å². The van der Waals surface area contributed by atoms with E-state index in [0.29, 0.717) is 11.3 Å². The number of nitro groups is 1. The normalized spacial score (nSPS) is 11.3.